The molecule has 0 aromatic carbocycles. The molecule has 2 rings (SSSR count). The van der Waals surface area contributed by atoms with Crippen LogP contribution in [0.5, 0.6) is 0 Å². The summed E-state index contributed by atoms with van der Waals surface area (Å²) < 4.78 is 0. The number of hydrogen-bond donors (Lipinski definition) is 3. The standard InChI is InChI=1S/C14H21N5O2/c1-9(2)11-7-10(8-12(17-11)18-15)14(21)19-5-3-13(20)16-4-6-19/h7-9H,3-6,15H2,1-2H3,(H,16,20)(H,17,18). The van der Waals surface area contributed by atoms with E-state index in [0.29, 0.717) is 37.4 Å². The topological polar surface area (TPSA) is 100 Å². The summed E-state index contributed by atoms with van der Waals surface area (Å²) in [5.41, 5.74) is 3.83. The maximum atomic E-state index is 12.6. The fourth-order valence-electron chi connectivity index (χ4n) is 2.20. The molecule has 1 aliphatic heterocycles. The van der Waals surface area contributed by atoms with Gasteiger partial charge in [-0.05, 0) is 18.1 Å². The Labute approximate surface area is 123 Å². The number of carbonyl (C=O) groups is 2. The zero-order valence-corrected chi connectivity index (χ0v) is 12.3. The monoisotopic (exact) mass is 291 g/mol. The van der Waals surface area contributed by atoms with Crippen molar-refractivity contribution in [1.29, 1.82) is 0 Å². The van der Waals surface area contributed by atoms with Gasteiger partial charge in [0.25, 0.3) is 5.91 Å². The van der Waals surface area contributed by atoms with Crippen molar-refractivity contribution in [2.24, 2.45) is 5.84 Å². The van der Waals surface area contributed by atoms with E-state index in [-0.39, 0.29) is 17.7 Å². The Morgan fingerprint density at radius 3 is 2.86 bits per heavy atom. The maximum Gasteiger partial charge on any atom is 0.254 e. The molecular weight excluding hydrogens is 270 g/mol. The molecule has 1 saturated heterocycles. The van der Waals surface area contributed by atoms with Gasteiger partial charge in [0.05, 0.1) is 0 Å². The molecule has 21 heavy (non-hydrogen) atoms. The highest BCUT2D eigenvalue weighted by Crippen LogP contribution is 2.18. The molecule has 0 saturated carbocycles. The number of pyridine rings is 1. The maximum absolute atomic E-state index is 12.6. The van der Waals surface area contributed by atoms with Gasteiger partial charge in [0.15, 0.2) is 0 Å². The second-order valence-corrected chi connectivity index (χ2v) is 5.36. The van der Waals surface area contributed by atoms with Crippen molar-refractivity contribution in [3.05, 3.63) is 23.4 Å². The summed E-state index contributed by atoms with van der Waals surface area (Å²) in [6.07, 6.45) is 0.329. The third kappa shape index (κ3) is 3.69. The van der Waals surface area contributed by atoms with E-state index in [2.05, 4.69) is 15.7 Å². The van der Waals surface area contributed by atoms with Crippen LogP contribution in [0.15, 0.2) is 12.1 Å². The van der Waals surface area contributed by atoms with Gasteiger partial charge in [0.2, 0.25) is 5.91 Å². The van der Waals surface area contributed by atoms with Gasteiger partial charge in [-0.25, -0.2) is 10.8 Å². The molecule has 4 N–H and O–H groups in total. The SMILES string of the molecule is CC(C)c1cc(C(=O)N2CCNC(=O)CC2)cc(NN)n1. The lowest BCUT2D eigenvalue weighted by molar-refractivity contribution is -0.120. The first-order valence-corrected chi connectivity index (χ1v) is 7.06. The summed E-state index contributed by atoms with van der Waals surface area (Å²) in [6.45, 7) is 5.43. The van der Waals surface area contributed by atoms with Gasteiger partial charge in [-0.15, -0.1) is 0 Å². The number of nitrogens with one attached hydrogen (secondary N) is 2. The lowest BCUT2D eigenvalue weighted by Gasteiger charge is -2.20. The average molecular weight is 291 g/mol. The Kier molecular flexibility index (Phi) is 4.74. The van der Waals surface area contributed by atoms with E-state index in [9.17, 15) is 9.59 Å². The molecule has 0 spiro atoms. The summed E-state index contributed by atoms with van der Waals surface area (Å²) in [4.78, 5) is 30.0. The molecule has 2 amide bonds. The van der Waals surface area contributed by atoms with Crippen LogP contribution in [-0.4, -0.2) is 41.3 Å². The summed E-state index contributed by atoms with van der Waals surface area (Å²) in [7, 11) is 0. The molecule has 114 valence electrons. The van der Waals surface area contributed by atoms with Crippen LogP contribution in [0.2, 0.25) is 0 Å². The molecule has 1 aliphatic rings. The number of anilines is 1. The first-order chi connectivity index (χ1) is 10.0. The van der Waals surface area contributed by atoms with E-state index in [1.165, 1.54) is 0 Å². The fraction of sp³-hybridized carbons (Fsp3) is 0.500. The molecule has 2 heterocycles. The van der Waals surface area contributed by atoms with Gasteiger partial charge < -0.3 is 15.6 Å². The van der Waals surface area contributed by atoms with E-state index in [0.717, 1.165) is 5.69 Å². The summed E-state index contributed by atoms with van der Waals surface area (Å²) in [5, 5.41) is 2.76. The molecule has 7 nitrogen and oxygen atoms in total. The van der Waals surface area contributed by atoms with Crippen molar-refractivity contribution < 1.29 is 9.59 Å². The Hall–Kier alpha value is -2.15. The number of nitrogens with two attached hydrogens (primary N) is 1. The number of nitrogens with zero attached hydrogens (tertiary/aromatic N) is 2. The van der Waals surface area contributed by atoms with Gasteiger partial charge in [0, 0.05) is 37.3 Å². The van der Waals surface area contributed by atoms with Crippen molar-refractivity contribution in [2.75, 3.05) is 25.1 Å². The van der Waals surface area contributed by atoms with Gasteiger partial charge in [-0.3, -0.25) is 9.59 Å². The molecule has 1 aromatic rings. The number of rotatable bonds is 3. The number of hydrogen-bond acceptors (Lipinski definition) is 5. The Morgan fingerprint density at radius 2 is 2.19 bits per heavy atom. The number of amides is 2. The smallest absolute Gasteiger partial charge is 0.254 e. The van der Waals surface area contributed by atoms with Gasteiger partial charge in [0.1, 0.15) is 5.82 Å². The summed E-state index contributed by atoms with van der Waals surface area (Å²) >= 11 is 0. The molecule has 1 aromatic heterocycles. The summed E-state index contributed by atoms with van der Waals surface area (Å²) in [5.74, 6) is 5.95. The predicted octanol–water partition coefficient (Wildman–Crippen LogP) is 0.453. The van der Waals surface area contributed by atoms with E-state index in [1.807, 2.05) is 13.8 Å². The first kappa shape index (κ1) is 15.2. The van der Waals surface area contributed by atoms with E-state index in [4.69, 9.17) is 5.84 Å². The molecule has 0 radical (unpaired) electrons. The minimum absolute atomic E-state index is 0.0211. The summed E-state index contributed by atoms with van der Waals surface area (Å²) in [6, 6.07) is 3.42. The molecule has 0 bridgehead atoms. The van der Waals surface area contributed by atoms with Gasteiger partial charge in [-0.1, -0.05) is 13.8 Å². The highest BCUT2D eigenvalue weighted by atomic mass is 16.2. The van der Waals surface area contributed by atoms with Crippen LogP contribution in [-0.2, 0) is 4.79 Å². The minimum Gasteiger partial charge on any atom is -0.354 e. The highest BCUT2D eigenvalue weighted by molar-refractivity contribution is 5.95. The number of hydrazine groups is 1. The number of carbonyl (C=O) groups excluding carboxylic acids is 2. The molecule has 0 aliphatic carbocycles. The van der Waals surface area contributed by atoms with Crippen molar-refractivity contribution in [3.8, 4) is 0 Å². The Bertz CT molecular complexity index is 544. The quantitative estimate of drug-likeness (QED) is 0.554. The first-order valence-electron chi connectivity index (χ1n) is 7.06. The third-order valence-corrected chi connectivity index (χ3v) is 3.43. The minimum atomic E-state index is -0.104. The van der Waals surface area contributed by atoms with Crippen molar-refractivity contribution >= 4 is 17.6 Å². The van der Waals surface area contributed by atoms with Crippen molar-refractivity contribution in [1.82, 2.24) is 15.2 Å². The zero-order valence-electron chi connectivity index (χ0n) is 12.3. The average Bonchev–Trinajstić information content (AvgIpc) is 2.70. The Balaban J connectivity index is 2.25. The molecule has 0 unspecified atom stereocenters. The number of aromatic nitrogens is 1. The van der Waals surface area contributed by atoms with Crippen molar-refractivity contribution in [3.63, 3.8) is 0 Å². The number of nitrogen functional groups attached to an aromatic ring is 1. The third-order valence-electron chi connectivity index (χ3n) is 3.43. The predicted molar refractivity (Wildman–Crippen MR) is 79.7 cm³/mol. The lowest BCUT2D eigenvalue weighted by atomic mass is 10.1. The second-order valence-electron chi connectivity index (χ2n) is 5.36. The lowest BCUT2D eigenvalue weighted by Crippen LogP contribution is -2.34. The molecular formula is C14H21N5O2. The highest BCUT2D eigenvalue weighted by Gasteiger charge is 2.21. The van der Waals surface area contributed by atoms with E-state index < -0.39 is 0 Å². The van der Waals surface area contributed by atoms with Gasteiger partial charge >= 0.3 is 0 Å². The normalized spacial score (nSPS) is 15.6. The molecule has 1 fully saturated rings. The van der Waals surface area contributed by atoms with Crippen LogP contribution in [0.4, 0.5) is 5.82 Å². The Morgan fingerprint density at radius 1 is 1.43 bits per heavy atom. The fourth-order valence-corrected chi connectivity index (χ4v) is 2.20. The van der Waals surface area contributed by atoms with Crippen LogP contribution in [0, 0.1) is 0 Å². The van der Waals surface area contributed by atoms with Gasteiger partial charge in [-0.2, -0.15) is 0 Å². The van der Waals surface area contributed by atoms with E-state index in [1.54, 1.807) is 17.0 Å². The zero-order chi connectivity index (χ0) is 15.4. The van der Waals surface area contributed by atoms with Crippen LogP contribution < -0.4 is 16.6 Å². The molecule has 7 heteroatoms. The largest absolute Gasteiger partial charge is 0.354 e. The van der Waals surface area contributed by atoms with Crippen molar-refractivity contribution in [2.45, 2.75) is 26.2 Å². The van der Waals surface area contributed by atoms with E-state index >= 15 is 0 Å². The molecule has 0 atom stereocenters. The van der Waals surface area contributed by atoms with Crippen LogP contribution in [0.25, 0.3) is 0 Å². The van der Waals surface area contributed by atoms with Crippen LogP contribution in [0.3, 0.4) is 0 Å². The van der Waals surface area contributed by atoms with Crippen LogP contribution >= 0.6 is 0 Å². The second kappa shape index (κ2) is 6.53. The van der Waals surface area contributed by atoms with Crippen LogP contribution in [0.1, 0.15) is 42.2 Å².